The molecule has 0 saturated carbocycles. The molecule has 2 N–H and O–H groups in total. The molecule has 0 radical (unpaired) electrons. The number of aliphatic hydroxyl groups excluding tert-OH is 1. The van der Waals surface area contributed by atoms with Crippen molar-refractivity contribution in [2.75, 3.05) is 23.0 Å². The molecule has 5 atom stereocenters. The number of hydrogen-bond donors (Lipinski definition) is 2. The Bertz CT molecular complexity index is 1990. The maximum Gasteiger partial charge on any atom is 0.264 e. The fourth-order valence-corrected chi connectivity index (χ4v) is 11.7. The Kier molecular flexibility index (Phi) is 7.56. The van der Waals surface area contributed by atoms with E-state index in [1.54, 1.807) is 14.7 Å². The van der Waals surface area contributed by atoms with Gasteiger partial charge in [-0.05, 0) is 67.2 Å². The van der Waals surface area contributed by atoms with Crippen LogP contribution in [0.3, 0.4) is 0 Å². The molecule has 2 saturated heterocycles. The number of carbonyl (C=O) groups excluding carboxylic acids is 3. The van der Waals surface area contributed by atoms with Crippen molar-refractivity contribution in [3.63, 3.8) is 0 Å². The van der Waals surface area contributed by atoms with Gasteiger partial charge < -0.3 is 24.4 Å². The summed E-state index contributed by atoms with van der Waals surface area (Å²) in [5.74, 6) is -0.752. The summed E-state index contributed by atoms with van der Waals surface area (Å²) in [7, 11) is -2.94. The van der Waals surface area contributed by atoms with Crippen molar-refractivity contribution in [3.8, 4) is 0 Å². The van der Waals surface area contributed by atoms with Crippen LogP contribution in [-0.4, -0.2) is 66.1 Å². The molecule has 2 fully saturated rings. The molecule has 4 aliphatic heterocycles. The van der Waals surface area contributed by atoms with Gasteiger partial charge in [0.1, 0.15) is 0 Å². The molecule has 49 heavy (non-hydrogen) atoms. The number of amides is 3. The van der Waals surface area contributed by atoms with Crippen LogP contribution in [0.25, 0.3) is 10.8 Å². The van der Waals surface area contributed by atoms with E-state index in [9.17, 15) is 24.3 Å². The number of anilines is 3. The highest BCUT2D eigenvalue weighted by molar-refractivity contribution is 6.71. The number of benzene rings is 4. The van der Waals surface area contributed by atoms with Crippen LogP contribution in [0, 0.1) is 5.92 Å². The summed E-state index contributed by atoms with van der Waals surface area (Å²) in [5.41, 5.74) is 2.99. The second kappa shape index (κ2) is 11.6. The quantitative estimate of drug-likeness (QED) is 0.238. The first-order chi connectivity index (χ1) is 23.5. The van der Waals surface area contributed by atoms with Crippen LogP contribution in [-0.2, 0) is 26.5 Å². The predicted octanol–water partition coefficient (Wildman–Crippen LogP) is 5.85. The third-order valence-electron chi connectivity index (χ3n) is 11.3. The maximum atomic E-state index is 14.8. The second-order valence-electron chi connectivity index (χ2n) is 14.5. The predicted molar refractivity (Wildman–Crippen MR) is 190 cm³/mol. The molecule has 4 aromatic rings. The zero-order valence-corrected chi connectivity index (χ0v) is 29.0. The fraction of sp³-hybridized carbons (Fsp3) is 0.359. The zero-order valence-electron chi connectivity index (χ0n) is 28.0. The number of carbonyl (C=O) groups is 3. The zero-order chi connectivity index (χ0) is 34.2. The molecule has 4 aromatic carbocycles. The lowest BCUT2D eigenvalue weighted by atomic mass is 9.82. The highest BCUT2D eigenvalue weighted by Crippen LogP contribution is 2.60. The molecule has 1 spiro atoms. The SMILES string of the molecule is C[C@H]1[C@H]([Si](C)(C)O)[C@@H](CC(=O)N2CCC[C@H]2CO)O[C@]12C(=O)N(Cc1ccc(N3C(=O)c4cccc5cccc3c45)cc1)c1ccccc12. The Balaban J connectivity index is 1.09. The number of rotatable bonds is 7. The van der Waals surface area contributed by atoms with E-state index in [-0.39, 0.29) is 54.8 Å². The lowest BCUT2D eigenvalue weighted by Gasteiger charge is -2.32. The average molecular weight is 676 g/mol. The van der Waals surface area contributed by atoms with Crippen molar-refractivity contribution in [2.24, 2.45) is 5.92 Å². The Morgan fingerprint density at radius 2 is 1.67 bits per heavy atom. The second-order valence-corrected chi connectivity index (χ2v) is 18.5. The van der Waals surface area contributed by atoms with E-state index in [2.05, 4.69) is 0 Å². The number of nitrogens with zero attached hydrogens (tertiary/aromatic N) is 3. The van der Waals surface area contributed by atoms with E-state index in [0.29, 0.717) is 12.1 Å². The minimum Gasteiger partial charge on any atom is -0.432 e. The van der Waals surface area contributed by atoms with Gasteiger partial charge in [-0.25, -0.2) is 0 Å². The molecule has 10 heteroatoms. The Labute approximate surface area is 286 Å². The standard InChI is InChI=1S/C39H41N3O6Si/c1-24-36(49(2,3)47)33(21-34(44)40-20-8-11-28(40)23-43)48-39(24)30-13-4-5-14-31(30)41(38(39)46)22-25-16-18-27(19-17-25)42-32-15-7-10-26-9-6-12-29(35(26)32)37(42)45/h4-7,9-10,12-19,24,28,33,36,43,47H,8,11,20-23H2,1-3H3/t24-,28-,33+,36-,39+/m0/s1. The van der Waals surface area contributed by atoms with Gasteiger partial charge in [0.05, 0.1) is 48.7 Å². The van der Waals surface area contributed by atoms with Gasteiger partial charge in [0, 0.05) is 34.6 Å². The monoisotopic (exact) mass is 675 g/mol. The van der Waals surface area contributed by atoms with Crippen LogP contribution in [0.2, 0.25) is 18.6 Å². The topological polar surface area (TPSA) is 111 Å². The van der Waals surface area contributed by atoms with Gasteiger partial charge in [-0.2, -0.15) is 0 Å². The molecule has 4 heterocycles. The Morgan fingerprint density at radius 3 is 2.41 bits per heavy atom. The lowest BCUT2D eigenvalue weighted by Crippen LogP contribution is -2.46. The molecule has 0 bridgehead atoms. The van der Waals surface area contributed by atoms with E-state index < -0.39 is 20.0 Å². The minimum atomic E-state index is -2.94. The van der Waals surface area contributed by atoms with E-state index in [1.807, 2.05) is 105 Å². The van der Waals surface area contributed by atoms with Gasteiger partial charge in [0.25, 0.3) is 11.8 Å². The first-order valence-corrected chi connectivity index (χ1v) is 20.2. The molecule has 8 rings (SSSR count). The van der Waals surface area contributed by atoms with Crippen LogP contribution in [0.4, 0.5) is 17.1 Å². The van der Waals surface area contributed by atoms with Gasteiger partial charge >= 0.3 is 0 Å². The largest absolute Gasteiger partial charge is 0.432 e. The van der Waals surface area contributed by atoms with Crippen LogP contribution >= 0.6 is 0 Å². The number of fused-ring (bicyclic) bond motifs is 2. The lowest BCUT2D eigenvalue weighted by molar-refractivity contribution is -0.150. The summed E-state index contributed by atoms with van der Waals surface area (Å²) < 4.78 is 6.85. The molecular formula is C39H41N3O6Si. The molecule has 0 aliphatic carbocycles. The number of aliphatic hydroxyl groups is 1. The van der Waals surface area contributed by atoms with Crippen molar-refractivity contribution in [1.29, 1.82) is 0 Å². The van der Waals surface area contributed by atoms with E-state index in [0.717, 1.165) is 51.8 Å². The Morgan fingerprint density at radius 1 is 0.959 bits per heavy atom. The summed E-state index contributed by atoms with van der Waals surface area (Å²) >= 11 is 0. The van der Waals surface area contributed by atoms with Gasteiger partial charge in [-0.15, -0.1) is 0 Å². The van der Waals surface area contributed by atoms with Crippen LogP contribution < -0.4 is 9.80 Å². The molecule has 0 unspecified atom stereocenters. The first kappa shape index (κ1) is 31.9. The van der Waals surface area contributed by atoms with Crippen molar-refractivity contribution < 1.29 is 29.0 Å². The van der Waals surface area contributed by atoms with E-state index in [4.69, 9.17) is 4.74 Å². The van der Waals surface area contributed by atoms with Crippen LogP contribution in [0.5, 0.6) is 0 Å². The maximum absolute atomic E-state index is 14.8. The average Bonchev–Trinajstić information content (AvgIpc) is 3.82. The fourth-order valence-electron chi connectivity index (χ4n) is 9.14. The molecular weight excluding hydrogens is 635 g/mol. The highest BCUT2D eigenvalue weighted by Gasteiger charge is 2.66. The first-order valence-electron chi connectivity index (χ1n) is 17.2. The molecule has 252 valence electrons. The summed E-state index contributed by atoms with van der Waals surface area (Å²) in [6.07, 6.45) is 1.01. The smallest absolute Gasteiger partial charge is 0.264 e. The third-order valence-corrected chi connectivity index (χ3v) is 13.8. The van der Waals surface area contributed by atoms with Crippen LogP contribution in [0.1, 0.15) is 47.7 Å². The molecule has 4 aliphatic rings. The van der Waals surface area contributed by atoms with Crippen molar-refractivity contribution >= 4 is 53.9 Å². The van der Waals surface area contributed by atoms with Gasteiger partial charge in [0.2, 0.25) is 5.91 Å². The normalized spacial score (nSPS) is 26.1. The van der Waals surface area contributed by atoms with Crippen LogP contribution in [0.15, 0.2) is 84.9 Å². The summed E-state index contributed by atoms with van der Waals surface area (Å²) in [6, 6.07) is 26.9. The minimum absolute atomic E-state index is 0.0496. The molecule has 0 aromatic heterocycles. The van der Waals surface area contributed by atoms with Crippen molar-refractivity contribution in [1.82, 2.24) is 4.90 Å². The summed E-state index contributed by atoms with van der Waals surface area (Å²) in [6.45, 7) is 6.49. The third kappa shape index (κ3) is 4.80. The van der Waals surface area contributed by atoms with E-state index in [1.165, 1.54) is 0 Å². The summed E-state index contributed by atoms with van der Waals surface area (Å²) in [5, 5.41) is 11.8. The summed E-state index contributed by atoms with van der Waals surface area (Å²) in [4.78, 5) is 58.7. The van der Waals surface area contributed by atoms with E-state index >= 15 is 0 Å². The van der Waals surface area contributed by atoms with Crippen molar-refractivity contribution in [3.05, 3.63) is 102 Å². The van der Waals surface area contributed by atoms with Gasteiger partial charge in [-0.1, -0.05) is 61.5 Å². The molecule has 9 nitrogen and oxygen atoms in total. The number of para-hydroxylation sites is 1. The molecule has 3 amide bonds. The number of likely N-dealkylation sites (tertiary alicyclic amines) is 1. The highest BCUT2D eigenvalue weighted by atomic mass is 28.4. The number of ether oxygens (including phenoxy) is 1. The van der Waals surface area contributed by atoms with Gasteiger partial charge in [-0.3, -0.25) is 19.3 Å². The number of hydrogen-bond acceptors (Lipinski definition) is 6. The Hall–Kier alpha value is -4.35. The van der Waals surface area contributed by atoms with Crippen molar-refractivity contribution in [2.45, 2.75) is 69.1 Å². The van der Waals surface area contributed by atoms with Gasteiger partial charge in [0.15, 0.2) is 13.9 Å².